The van der Waals surface area contributed by atoms with Crippen molar-refractivity contribution in [2.24, 2.45) is 13.0 Å². The molecule has 0 spiro atoms. The lowest BCUT2D eigenvalue weighted by molar-refractivity contribution is -0.161. The van der Waals surface area contributed by atoms with Gasteiger partial charge in [-0.2, -0.15) is 13.2 Å². The van der Waals surface area contributed by atoms with E-state index in [1.165, 1.54) is 6.92 Å². The van der Waals surface area contributed by atoms with E-state index in [1.807, 2.05) is 0 Å². The highest BCUT2D eigenvalue weighted by atomic mass is 35.5. The van der Waals surface area contributed by atoms with Crippen LogP contribution >= 0.6 is 11.6 Å². The van der Waals surface area contributed by atoms with Gasteiger partial charge in [0.15, 0.2) is 0 Å². The predicted molar refractivity (Wildman–Crippen MR) is 109 cm³/mol. The minimum atomic E-state index is -5.08. The number of carboxylic acids is 1. The molecule has 1 aromatic heterocycles. The first-order valence-corrected chi connectivity index (χ1v) is 9.62. The van der Waals surface area contributed by atoms with E-state index in [0.29, 0.717) is 13.1 Å². The van der Waals surface area contributed by atoms with E-state index in [9.17, 15) is 37.5 Å². The Balaban J connectivity index is 3.07. The molecule has 33 heavy (non-hydrogen) atoms. The van der Waals surface area contributed by atoms with Gasteiger partial charge in [0, 0.05) is 24.6 Å². The number of aldehydes is 1. The molecule has 0 aromatic carbocycles. The fraction of sp³-hybridized carbons (Fsp3) is 0.400. The van der Waals surface area contributed by atoms with Gasteiger partial charge in [0.25, 0.3) is 5.56 Å². The Morgan fingerprint density at radius 3 is 2.42 bits per heavy atom. The first-order valence-electron chi connectivity index (χ1n) is 9.25. The molecule has 3 unspecified atom stereocenters. The number of aliphatic carboxylic acids is 1. The molecule has 1 aromatic rings. The molecule has 180 valence electrons. The standard InChI is InChI=1S/C20H19ClF4N2O6/c1-5-6-33-19(16(30)31)8-11(15(22)14(10(2)9-28)18(19,3)21)27-13(29)7-12(20(23,24)25)26(4)17(27)32/h5,7-10H,1,6H2,2-4H3,(H,30,31). The molecule has 3 atom stereocenters. The quantitative estimate of drug-likeness (QED) is 0.270. The predicted octanol–water partition coefficient (Wildman–Crippen LogP) is 2.50. The number of allylic oxidation sites excluding steroid dienone is 2. The Labute approximate surface area is 189 Å². The molecule has 2 rings (SSSR count). The molecule has 0 aliphatic heterocycles. The van der Waals surface area contributed by atoms with Crippen molar-refractivity contribution in [1.29, 1.82) is 0 Å². The van der Waals surface area contributed by atoms with Crippen LogP contribution in [0.4, 0.5) is 17.6 Å². The first-order chi connectivity index (χ1) is 15.1. The molecular formula is C20H19ClF4N2O6. The summed E-state index contributed by atoms with van der Waals surface area (Å²) in [6.45, 7) is 5.17. The summed E-state index contributed by atoms with van der Waals surface area (Å²) in [4.78, 5) is 46.8. The summed E-state index contributed by atoms with van der Waals surface area (Å²) in [7, 11) is 0.700. The van der Waals surface area contributed by atoms with E-state index in [4.69, 9.17) is 16.3 Å². The number of alkyl halides is 4. The highest BCUT2D eigenvalue weighted by Crippen LogP contribution is 2.50. The zero-order chi connectivity index (χ0) is 25.5. The third kappa shape index (κ3) is 4.08. The zero-order valence-electron chi connectivity index (χ0n) is 17.6. The number of hydrogen-bond donors (Lipinski definition) is 1. The number of rotatable bonds is 7. The Bertz CT molecular complexity index is 1190. The van der Waals surface area contributed by atoms with Crippen molar-refractivity contribution in [1.82, 2.24) is 9.13 Å². The van der Waals surface area contributed by atoms with Crippen molar-refractivity contribution >= 4 is 29.6 Å². The molecule has 0 saturated heterocycles. The minimum Gasteiger partial charge on any atom is -0.479 e. The number of ether oxygens (including phenoxy) is 1. The van der Waals surface area contributed by atoms with Gasteiger partial charge in [0.05, 0.1) is 12.3 Å². The van der Waals surface area contributed by atoms with Gasteiger partial charge in [-0.05, 0) is 13.0 Å². The summed E-state index contributed by atoms with van der Waals surface area (Å²) in [5.41, 5.74) is -9.13. The number of nitrogens with zero attached hydrogens (tertiary/aromatic N) is 2. The highest BCUT2D eigenvalue weighted by molar-refractivity contribution is 6.29. The van der Waals surface area contributed by atoms with Crippen LogP contribution in [0.25, 0.3) is 5.70 Å². The van der Waals surface area contributed by atoms with Gasteiger partial charge in [-0.1, -0.05) is 13.0 Å². The first kappa shape index (κ1) is 26.3. The van der Waals surface area contributed by atoms with Gasteiger partial charge in [0.1, 0.15) is 22.7 Å². The average Bonchev–Trinajstić information content (AvgIpc) is 2.70. The van der Waals surface area contributed by atoms with Gasteiger partial charge in [-0.25, -0.2) is 18.5 Å². The second-order valence-corrected chi connectivity index (χ2v) is 8.12. The fourth-order valence-electron chi connectivity index (χ4n) is 3.61. The van der Waals surface area contributed by atoms with Gasteiger partial charge in [0.2, 0.25) is 5.60 Å². The van der Waals surface area contributed by atoms with Crippen molar-refractivity contribution < 1.29 is 37.0 Å². The van der Waals surface area contributed by atoms with Crippen LogP contribution in [-0.2, 0) is 27.5 Å². The molecule has 0 amide bonds. The van der Waals surface area contributed by atoms with E-state index >= 15 is 4.39 Å². The lowest BCUT2D eigenvalue weighted by atomic mass is 9.73. The molecule has 1 heterocycles. The second kappa shape index (κ2) is 8.75. The number of hydrogen-bond acceptors (Lipinski definition) is 5. The Morgan fingerprint density at radius 1 is 1.39 bits per heavy atom. The number of carbonyl (C=O) groups is 2. The largest absolute Gasteiger partial charge is 0.479 e. The van der Waals surface area contributed by atoms with E-state index in [-0.39, 0.29) is 21.5 Å². The summed E-state index contributed by atoms with van der Waals surface area (Å²) >= 11 is 6.45. The molecule has 8 nitrogen and oxygen atoms in total. The number of halogens is 5. The number of aromatic nitrogens is 2. The van der Waals surface area contributed by atoms with E-state index < -0.39 is 69.2 Å². The molecular weight excluding hydrogens is 476 g/mol. The Kier molecular flexibility index (Phi) is 6.96. The summed E-state index contributed by atoms with van der Waals surface area (Å²) < 4.78 is 60.6. The Morgan fingerprint density at radius 2 is 1.97 bits per heavy atom. The van der Waals surface area contributed by atoms with E-state index in [2.05, 4.69) is 6.58 Å². The summed E-state index contributed by atoms with van der Waals surface area (Å²) in [6, 6.07) is 0.0554. The van der Waals surface area contributed by atoms with Crippen molar-refractivity contribution in [3.63, 3.8) is 0 Å². The molecule has 0 saturated carbocycles. The van der Waals surface area contributed by atoms with Crippen LogP contribution in [0.2, 0.25) is 0 Å². The van der Waals surface area contributed by atoms with Crippen LogP contribution in [0.15, 0.2) is 45.8 Å². The van der Waals surface area contributed by atoms with Crippen LogP contribution in [-0.4, -0.2) is 43.6 Å². The second-order valence-electron chi connectivity index (χ2n) is 7.37. The highest BCUT2D eigenvalue weighted by Gasteiger charge is 2.60. The maximum absolute atomic E-state index is 15.7. The summed E-state index contributed by atoms with van der Waals surface area (Å²) in [5.74, 6) is -4.57. The van der Waals surface area contributed by atoms with Crippen molar-refractivity contribution in [3.05, 3.63) is 62.7 Å². The van der Waals surface area contributed by atoms with Crippen LogP contribution in [0.1, 0.15) is 19.5 Å². The summed E-state index contributed by atoms with van der Waals surface area (Å²) in [6.07, 6.45) is -3.16. The fourth-order valence-corrected chi connectivity index (χ4v) is 4.05. The molecule has 1 aliphatic rings. The van der Waals surface area contributed by atoms with Crippen molar-refractivity contribution in [2.45, 2.75) is 30.5 Å². The number of carbonyl (C=O) groups excluding carboxylic acids is 1. The monoisotopic (exact) mass is 494 g/mol. The summed E-state index contributed by atoms with van der Waals surface area (Å²) in [5, 5.41) is 9.98. The zero-order valence-corrected chi connectivity index (χ0v) is 18.3. The maximum atomic E-state index is 15.7. The van der Waals surface area contributed by atoms with Gasteiger partial charge < -0.3 is 14.6 Å². The lowest BCUT2D eigenvalue weighted by Crippen LogP contribution is -2.59. The van der Waals surface area contributed by atoms with Crippen LogP contribution in [0.5, 0.6) is 0 Å². The smallest absolute Gasteiger partial charge is 0.431 e. The molecule has 0 fully saturated rings. The SMILES string of the molecule is C=CCOC1(C(=O)O)C=C(n2c(=O)cc(C(F)(F)F)n(C)c2=O)C(F)=C(C(C)C=O)C1(C)Cl. The van der Waals surface area contributed by atoms with Gasteiger partial charge in [-0.15, -0.1) is 18.2 Å². The molecule has 13 heteroatoms. The molecule has 1 N–H and O–H groups in total. The van der Waals surface area contributed by atoms with E-state index in [0.717, 1.165) is 13.0 Å². The lowest BCUT2D eigenvalue weighted by Gasteiger charge is -2.44. The minimum absolute atomic E-state index is 0.0170. The van der Waals surface area contributed by atoms with Crippen LogP contribution in [0.3, 0.4) is 0 Å². The van der Waals surface area contributed by atoms with Gasteiger partial charge >= 0.3 is 17.8 Å². The van der Waals surface area contributed by atoms with E-state index in [1.54, 1.807) is 0 Å². The maximum Gasteiger partial charge on any atom is 0.431 e. The van der Waals surface area contributed by atoms with Gasteiger partial charge in [-0.3, -0.25) is 9.36 Å². The third-order valence-electron chi connectivity index (χ3n) is 5.26. The van der Waals surface area contributed by atoms with Crippen LogP contribution < -0.4 is 11.2 Å². The third-order valence-corrected chi connectivity index (χ3v) is 5.75. The van der Waals surface area contributed by atoms with Crippen molar-refractivity contribution in [2.75, 3.05) is 6.61 Å². The topological polar surface area (TPSA) is 108 Å². The number of carboxylic acid groups (broad SMARTS) is 1. The molecule has 1 aliphatic carbocycles. The normalized spacial score (nSPS) is 24.3. The Hall–Kier alpha value is -2.99. The molecule has 0 radical (unpaired) electrons. The van der Waals surface area contributed by atoms with Crippen LogP contribution in [0, 0.1) is 5.92 Å². The van der Waals surface area contributed by atoms with Crippen molar-refractivity contribution in [3.8, 4) is 0 Å². The average molecular weight is 495 g/mol. The molecule has 0 bridgehead atoms.